The van der Waals surface area contributed by atoms with E-state index in [4.69, 9.17) is 5.73 Å². The predicted octanol–water partition coefficient (Wildman–Crippen LogP) is 1.85. The molecule has 1 saturated heterocycles. The van der Waals surface area contributed by atoms with Gasteiger partial charge in [0.25, 0.3) is 0 Å². The van der Waals surface area contributed by atoms with Crippen molar-refractivity contribution in [3.63, 3.8) is 0 Å². The molecule has 0 unspecified atom stereocenters. The van der Waals surface area contributed by atoms with Gasteiger partial charge in [-0.2, -0.15) is 15.0 Å². The summed E-state index contributed by atoms with van der Waals surface area (Å²) < 4.78 is 0. The fraction of sp³-hybridized carbons (Fsp3) is 0.786. The van der Waals surface area contributed by atoms with Crippen LogP contribution in [0.1, 0.15) is 50.9 Å². The van der Waals surface area contributed by atoms with Gasteiger partial charge in [0, 0.05) is 14.1 Å². The third kappa shape index (κ3) is 3.79. The van der Waals surface area contributed by atoms with Crippen molar-refractivity contribution < 1.29 is 0 Å². The molecule has 2 heterocycles. The Bertz CT molecular complexity index is 426. The topological polar surface area (TPSA) is 71.2 Å². The van der Waals surface area contributed by atoms with Gasteiger partial charge in [0.2, 0.25) is 11.9 Å². The summed E-state index contributed by atoms with van der Waals surface area (Å²) in [6.07, 6.45) is 6.53. The second kappa shape index (κ2) is 6.83. The van der Waals surface area contributed by atoms with Crippen molar-refractivity contribution in [2.24, 2.45) is 0 Å². The van der Waals surface area contributed by atoms with Crippen molar-refractivity contribution in [2.45, 2.75) is 45.1 Å². The number of anilines is 2. The minimum Gasteiger partial charge on any atom is -0.368 e. The lowest BCUT2D eigenvalue weighted by Gasteiger charge is -2.29. The molecule has 0 spiro atoms. The summed E-state index contributed by atoms with van der Waals surface area (Å²) in [5, 5.41) is 0. The maximum atomic E-state index is 5.81. The normalized spacial score (nSPS) is 19.1. The molecule has 6 heteroatoms. The lowest BCUT2D eigenvalue weighted by molar-refractivity contribution is 0.185. The van der Waals surface area contributed by atoms with Crippen molar-refractivity contribution in [3.05, 3.63) is 5.82 Å². The van der Waals surface area contributed by atoms with Crippen LogP contribution in [0.2, 0.25) is 0 Å². The molecule has 0 radical (unpaired) electrons. The van der Waals surface area contributed by atoms with Gasteiger partial charge in [-0.05, 0) is 32.9 Å². The van der Waals surface area contributed by atoms with Crippen molar-refractivity contribution in [3.8, 4) is 0 Å². The molecule has 2 N–H and O–H groups in total. The summed E-state index contributed by atoms with van der Waals surface area (Å²) in [5.41, 5.74) is 5.81. The fourth-order valence-corrected chi connectivity index (χ4v) is 2.61. The minimum atomic E-state index is 0.192. The molecule has 0 bridgehead atoms. The summed E-state index contributed by atoms with van der Waals surface area (Å²) in [6, 6.07) is 0.192. The van der Waals surface area contributed by atoms with Crippen LogP contribution in [0.4, 0.5) is 11.9 Å². The van der Waals surface area contributed by atoms with Crippen LogP contribution in [0.5, 0.6) is 0 Å². The van der Waals surface area contributed by atoms with Crippen LogP contribution in [-0.4, -0.2) is 47.0 Å². The standard InChI is InChI=1S/C14H26N6/c1-11(20-9-7-5-4-6-8-10-20)12-16-13(15)18-14(17-12)19(2)3/h11H,4-10H2,1-3H3,(H2,15,16,17,18)/t11-/m0/s1. The van der Waals surface area contributed by atoms with E-state index in [0.717, 1.165) is 18.9 Å². The highest BCUT2D eigenvalue weighted by molar-refractivity contribution is 5.33. The molecule has 1 aromatic rings. The van der Waals surface area contributed by atoms with E-state index < -0.39 is 0 Å². The van der Waals surface area contributed by atoms with Crippen molar-refractivity contribution >= 4 is 11.9 Å². The zero-order chi connectivity index (χ0) is 14.5. The third-order valence-electron chi connectivity index (χ3n) is 3.87. The number of hydrogen-bond acceptors (Lipinski definition) is 6. The van der Waals surface area contributed by atoms with Crippen LogP contribution in [0.25, 0.3) is 0 Å². The minimum absolute atomic E-state index is 0.192. The molecule has 6 nitrogen and oxygen atoms in total. The van der Waals surface area contributed by atoms with E-state index >= 15 is 0 Å². The average Bonchev–Trinajstić information content (AvgIpc) is 2.37. The number of rotatable bonds is 3. The van der Waals surface area contributed by atoms with Gasteiger partial charge >= 0.3 is 0 Å². The first kappa shape index (κ1) is 15.0. The van der Waals surface area contributed by atoms with Gasteiger partial charge in [0.1, 0.15) is 0 Å². The lowest BCUT2D eigenvalue weighted by Crippen LogP contribution is -2.32. The van der Waals surface area contributed by atoms with E-state index in [2.05, 4.69) is 26.8 Å². The Hall–Kier alpha value is -1.43. The molecule has 0 amide bonds. The lowest BCUT2D eigenvalue weighted by atomic mass is 10.1. The van der Waals surface area contributed by atoms with Gasteiger partial charge in [-0.15, -0.1) is 0 Å². The molecule has 1 aliphatic heterocycles. The Morgan fingerprint density at radius 3 is 2.20 bits per heavy atom. The number of nitrogen functional groups attached to an aromatic ring is 1. The van der Waals surface area contributed by atoms with Crippen LogP contribution in [0.15, 0.2) is 0 Å². The monoisotopic (exact) mass is 278 g/mol. The molecule has 1 atom stereocenters. The Kier molecular flexibility index (Phi) is 5.11. The van der Waals surface area contributed by atoms with Gasteiger partial charge in [0.15, 0.2) is 5.82 Å². The molecule has 0 saturated carbocycles. The Labute approximate surface area is 121 Å². The fourth-order valence-electron chi connectivity index (χ4n) is 2.61. The van der Waals surface area contributed by atoms with Crippen LogP contribution >= 0.6 is 0 Å². The molecule has 112 valence electrons. The molecule has 1 fully saturated rings. The van der Waals surface area contributed by atoms with Gasteiger partial charge in [-0.3, -0.25) is 4.90 Å². The largest absolute Gasteiger partial charge is 0.368 e. The summed E-state index contributed by atoms with van der Waals surface area (Å²) >= 11 is 0. The van der Waals surface area contributed by atoms with Crippen LogP contribution in [0.3, 0.4) is 0 Å². The Balaban J connectivity index is 2.16. The first-order valence-electron chi connectivity index (χ1n) is 7.51. The Morgan fingerprint density at radius 1 is 1.00 bits per heavy atom. The number of aromatic nitrogens is 3. The summed E-state index contributed by atoms with van der Waals surface area (Å²) in [4.78, 5) is 17.4. The highest BCUT2D eigenvalue weighted by atomic mass is 15.3. The second-order valence-corrected chi connectivity index (χ2v) is 5.73. The Morgan fingerprint density at radius 2 is 1.60 bits per heavy atom. The zero-order valence-corrected chi connectivity index (χ0v) is 12.8. The molecule has 1 aromatic heterocycles. The van der Waals surface area contributed by atoms with Gasteiger partial charge < -0.3 is 10.6 Å². The number of hydrogen-bond donors (Lipinski definition) is 1. The van der Waals surface area contributed by atoms with Crippen molar-refractivity contribution in [2.75, 3.05) is 37.8 Å². The van der Waals surface area contributed by atoms with Crippen LogP contribution in [0, 0.1) is 0 Å². The summed E-state index contributed by atoms with van der Waals surface area (Å²) in [7, 11) is 3.83. The van der Waals surface area contributed by atoms with Crippen LogP contribution in [-0.2, 0) is 0 Å². The third-order valence-corrected chi connectivity index (χ3v) is 3.87. The summed E-state index contributed by atoms with van der Waals surface area (Å²) in [6.45, 7) is 4.39. The first-order chi connectivity index (χ1) is 9.58. The average molecular weight is 278 g/mol. The smallest absolute Gasteiger partial charge is 0.229 e. The van der Waals surface area contributed by atoms with Gasteiger partial charge in [-0.1, -0.05) is 19.3 Å². The highest BCUT2D eigenvalue weighted by Crippen LogP contribution is 2.22. The molecule has 1 aliphatic rings. The van der Waals surface area contributed by atoms with Gasteiger partial charge in [0.05, 0.1) is 6.04 Å². The summed E-state index contributed by atoms with van der Waals surface area (Å²) in [5.74, 6) is 1.71. The molecule has 20 heavy (non-hydrogen) atoms. The molecule has 0 aromatic carbocycles. The van der Waals surface area contributed by atoms with Crippen molar-refractivity contribution in [1.29, 1.82) is 0 Å². The SMILES string of the molecule is C[C@@H](c1nc(N)nc(N(C)C)n1)N1CCCCCCC1. The van der Waals surface area contributed by atoms with E-state index in [1.165, 1.54) is 32.1 Å². The van der Waals surface area contributed by atoms with Crippen molar-refractivity contribution in [1.82, 2.24) is 19.9 Å². The zero-order valence-electron chi connectivity index (χ0n) is 12.8. The van der Waals surface area contributed by atoms with Gasteiger partial charge in [-0.25, -0.2) is 0 Å². The quantitative estimate of drug-likeness (QED) is 0.909. The van der Waals surface area contributed by atoms with E-state index in [0.29, 0.717) is 11.9 Å². The van der Waals surface area contributed by atoms with E-state index in [-0.39, 0.29) is 6.04 Å². The maximum absolute atomic E-state index is 5.81. The number of nitrogens with two attached hydrogens (primary N) is 1. The van der Waals surface area contributed by atoms with E-state index in [1.54, 1.807) is 0 Å². The van der Waals surface area contributed by atoms with E-state index in [9.17, 15) is 0 Å². The molecule has 2 rings (SSSR count). The molecular formula is C14H26N6. The highest BCUT2D eigenvalue weighted by Gasteiger charge is 2.20. The van der Waals surface area contributed by atoms with Crippen LogP contribution < -0.4 is 10.6 Å². The van der Waals surface area contributed by atoms with E-state index in [1.807, 2.05) is 19.0 Å². The number of likely N-dealkylation sites (tertiary alicyclic amines) is 1. The maximum Gasteiger partial charge on any atom is 0.229 e. The first-order valence-corrected chi connectivity index (χ1v) is 7.51. The number of nitrogens with zero attached hydrogens (tertiary/aromatic N) is 5. The second-order valence-electron chi connectivity index (χ2n) is 5.73. The molecular weight excluding hydrogens is 252 g/mol. The molecule has 0 aliphatic carbocycles. The predicted molar refractivity (Wildman–Crippen MR) is 81.6 cm³/mol.